The lowest BCUT2D eigenvalue weighted by molar-refractivity contribution is -0.385. The van der Waals surface area contributed by atoms with Crippen molar-refractivity contribution in [3.63, 3.8) is 0 Å². The molecule has 0 amide bonds. The molecule has 0 fully saturated rings. The van der Waals surface area contributed by atoms with Gasteiger partial charge in [0, 0.05) is 28.8 Å². The minimum Gasteiger partial charge on any atom is -0.490 e. The normalized spacial score (nSPS) is 11.3. The van der Waals surface area contributed by atoms with Gasteiger partial charge in [-0.1, -0.05) is 12.1 Å². The summed E-state index contributed by atoms with van der Waals surface area (Å²) >= 11 is 1.44. The van der Waals surface area contributed by atoms with Gasteiger partial charge in [0.1, 0.15) is 0 Å². The minimum atomic E-state index is -0.487. The number of hydrogen-bond acceptors (Lipinski definition) is 6. The third-order valence-corrected chi connectivity index (χ3v) is 5.89. The maximum absolute atomic E-state index is 12.7. The number of nitro benzene ring substituents is 1. The predicted molar refractivity (Wildman–Crippen MR) is 121 cm³/mol. The molecule has 8 heteroatoms. The van der Waals surface area contributed by atoms with Crippen molar-refractivity contribution in [3.05, 3.63) is 86.5 Å². The van der Waals surface area contributed by atoms with Gasteiger partial charge >= 0.3 is 5.69 Å². The molecule has 2 aromatic carbocycles. The summed E-state index contributed by atoms with van der Waals surface area (Å²) in [7, 11) is 1.39. The second-order valence-corrected chi connectivity index (χ2v) is 7.91. The van der Waals surface area contributed by atoms with E-state index in [1.807, 2.05) is 42.0 Å². The monoisotopic (exact) mass is 433 g/mol. The van der Waals surface area contributed by atoms with Crippen LogP contribution in [-0.2, 0) is 0 Å². The molecule has 0 aliphatic rings. The van der Waals surface area contributed by atoms with Crippen molar-refractivity contribution in [2.24, 2.45) is 0 Å². The number of imidazole rings is 1. The van der Waals surface area contributed by atoms with E-state index in [1.54, 1.807) is 24.3 Å². The number of methoxy groups -OCH3 is 1. The number of ether oxygens (including phenoxy) is 1. The molecule has 0 aliphatic heterocycles. The number of benzene rings is 2. The van der Waals surface area contributed by atoms with Crippen LogP contribution in [0.5, 0.6) is 5.75 Å². The second-order valence-electron chi connectivity index (χ2n) is 7.04. The van der Waals surface area contributed by atoms with Crippen LogP contribution < -0.4 is 4.74 Å². The smallest absolute Gasteiger partial charge is 0.311 e. The summed E-state index contributed by atoms with van der Waals surface area (Å²) in [4.78, 5) is 29.0. The second kappa shape index (κ2) is 8.16. The van der Waals surface area contributed by atoms with Gasteiger partial charge in [0.05, 0.1) is 23.4 Å². The van der Waals surface area contributed by atoms with Crippen molar-refractivity contribution < 1.29 is 14.5 Å². The van der Waals surface area contributed by atoms with E-state index in [2.05, 4.69) is 4.98 Å². The maximum atomic E-state index is 12.7. The molecule has 0 saturated heterocycles. The van der Waals surface area contributed by atoms with Crippen molar-refractivity contribution in [3.8, 4) is 17.0 Å². The van der Waals surface area contributed by atoms with Crippen LogP contribution in [0.25, 0.3) is 22.3 Å². The molecule has 0 unspecified atom stereocenters. The Morgan fingerprint density at radius 2 is 2.00 bits per heavy atom. The fourth-order valence-corrected chi connectivity index (χ4v) is 4.02. The van der Waals surface area contributed by atoms with E-state index in [4.69, 9.17) is 4.74 Å². The first-order valence-electron chi connectivity index (χ1n) is 9.47. The van der Waals surface area contributed by atoms with Crippen molar-refractivity contribution in [1.29, 1.82) is 0 Å². The highest BCUT2D eigenvalue weighted by Crippen LogP contribution is 2.34. The van der Waals surface area contributed by atoms with E-state index < -0.39 is 4.92 Å². The summed E-state index contributed by atoms with van der Waals surface area (Å²) in [6.07, 6.45) is 5.07. The fraction of sp³-hybridized carbons (Fsp3) is 0.130. The number of thiazole rings is 1. The van der Waals surface area contributed by atoms with Gasteiger partial charge in [0.2, 0.25) is 0 Å². The molecule has 4 aromatic rings. The van der Waals surface area contributed by atoms with Gasteiger partial charge in [-0.3, -0.25) is 19.3 Å². The summed E-state index contributed by atoms with van der Waals surface area (Å²) in [6.45, 7) is 3.97. The number of nitro groups is 1. The molecule has 7 nitrogen and oxygen atoms in total. The SMILES string of the molecule is COc1ccc(-c2nc3sccn3c2C=CC(=O)c2ccc(C)c(C)c2)cc1[N+](=O)[O-]. The number of carbonyl (C=O) groups is 1. The largest absolute Gasteiger partial charge is 0.490 e. The molecule has 31 heavy (non-hydrogen) atoms. The molecule has 0 spiro atoms. The maximum Gasteiger partial charge on any atom is 0.311 e. The zero-order valence-corrected chi connectivity index (χ0v) is 18.0. The lowest BCUT2D eigenvalue weighted by Crippen LogP contribution is -1.97. The van der Waals surface area contributed by atoms with Crippen LogP contribution in [0.4, 0.5) is 5.69 Å². The van der Waals surface area contributed by atoms with Gasteiger partial charge in [0.15, 0.2) is 16.5 Å². The molecular formula is C23H19N3O4S. The van der Waals surface area contributed by atoms with Crippen LogP contribution in [0.15, 0.2) is 54.1 Å². The summed E-state index contributed by atoms with van der Waals surface area (Å²) in [5.41, 5.74) is 4.44. The number of allylic oxidation sites excluding steroid dienone is 1. The number of rotatable bonds is 6. The Kier molecular flexibility index (Phi) is 5.39. The topological polar surface area (TPSA) is 86.7 Å². The summed E-state index contributed by atoms with van der Waals surface area (Å²) in [5.74, 6) is 0.0525. The first kappa shape index (κ1) is 20.5. The molecule has 4 rings (SSSR count). The molecule has 0 atom stereocenters. The van der Waals surface area contributed by atoms with E-state index in [-0.39, 0.29) is 17.2 Å². The van der Waals surface area contributed by atoms with E-state index in [0.717, 1.165) is 16.1 Å². The van der Waals surface area contributed by atoms with Gasteiger partial charge in [-0.25, -0.2) is 4.98 Å². The van der Waals surface area contributed by atoms with E-state index in [1.165, 1.54) is 30.6 Å². The van der Waals surface area contributed by atoms with Crippen molar-refractivity contribution >= 4 is 33.8 Å². The minimum absolute atomic E-state index is 0.125. The number of nitrogens with zero attached hydrogens (tertiary/aromatic N) is 3. The first-order chi connectivity index (χ1) is 14.9. The third kappa shape index (κ3) is 3.85. The average Bonchev–Trinajstić information content (AvgIpc) is 3.35. The van der Waals surface area contributed by atoms with Gasteiger partial charge in [-0.15, -0.1) is 11.3 Å². The molecule has 0 saturated carbocycles. The fourth-order valence-electron chi connectivity index (χ4n) is 3.30. The first-order valence-corrected chi connectivity index (χ1v) is 10.3. The molecule has 156 valence electrons. The number of carbonyl (C=O) groups excluding carboxylic acids is 1. The van der Waals surface area contributed by atoms with E-state index in [9.17, 15) is 14.9 Å². The average molecular weight is 433 g/mol. The lowest BCUT2D eigenvalue weighted by Gasteiger charge is -2.05. The molecular weight excluding hydrogens is 414 g/mol. The Balaban J connectivity index is 1.78. The van der Waals surface area contributed by atoms with E-state index in [0.29, 0.717) is 22.5 Å². The highest BCUT2D eigenvalue weighted by molar-refractivity contribution is 7.15. The predicted octanol–water partition coefficient (Wildman–Crippen LogP) is 5.49. The zero-order chi connectivity index (χ0) is 22.1. The van der Waals surface area contributed by atoms with Crippen molar-refractivity contribution in [2.45, 2.75) is 13.8 Å². The Hall–Kier alpha value is -3.78. The van der Waals surface area contributed by atoms with Crippen LogP contribution in [0.1, 0.15) is 27.2 Å². The van der Waals surface area contributed by atoms with Crippen LogP contribution >= 0.6 is 11.3 Å². The zero-order valence-electron chi connectivity index (χ0n) is 17.2. The molecule has 0 bridgehead atoms. The summed E-state index contributed by atoms with van der Waals surface area (Å²) < 4.78 is 6.96. The number of ketones is 1. The molecule has 2 aromatic heterocycles. The number of aryl methyl sites for hydroxylation is 2. The Morgan fingerprint density at radius 1 is 1.19 bits per heavy atom. The van der Waals surface area contributed by atoms with Crippen LogP contribution in [0.3, 0.4) is 0 Å². The summed E-state index contributed by atoms with van der Waals surface area (Å²) in [5, 5.41) is 13.3. The van der Waals surface area contributed by atoms with Gasteiger partial charge in [-0.05, 0) is 55.3 Å². The number of fused-ring (bicyclic) bond motifs is 1. The van der Waals surface area contributed by atoms with Gasteiger partial charge in [-0.2, -0.15) is 0 Å². The molecule has 2 heterocycles. The lowest BCUT2D eigenvalue weighted by atomic mass is 10.0. The van der Waals surface area contributed by atoms with Crippen LogP contribution in [0.2, 0.25) is 0 Å². The Labute approximate surface area is 182 Å². The van der Waals surface area contributed by atoms with Crippen LogP contribution in [0, 0.1) is 24.0 Å². The van der Waals surface area contributed by atoms with Crippen LogP contribution in [-0.4, -0.2) is 27.2 Å². The Morgan fingerprint density at radius 3 is 2.71 bits per heavy atom. The highest BCUT2D eigenvalue weighted by atomic mass is 32.1. The van der Waals surface area contributed by atoms with Crippen molar-refractivity contribution in [2.75, 3.05) is 7.11 Å². The van der Waals surface area contributed by atoms with Gasteiger partial charge in [0.25, 0.3) is 0 Å². The third-order valence-electron chi connectivity index (χ3n) is 5.13. The molecule has 0 N–H and O–H groups in total. The number of hydrogen-bond donors (Lipinski definition) is 0. The Bertz CT molecular complexity index is 1350. The van der Waals surface area contributed by atoms with Gasteiger partial charge < -0.3 is 4.74 Å². The van der Waals surface area contributed by atoms with Crippen molar-refractivity contribution in [1.82, 2.24) is 9.38 Å². The highest BCUT2D eigenvalue weighted by Gasteiger charge is 2.20. The molecule has 0 aliphatic carbocycles. The quantitative estimate of drug-likeness (QED) is 0.174. The molecule has 0 radical (unpaired) electrons. The van der Waals surface area contributed by atoms with E-state index >= 15 is 0 Å². The summed E-state index contributed by atoms with van der Waals surface area (Å²) in [6, 6.07) is 10.3. The number of aromatic nitrogens is 2. The standard InChI is InChI=1S/C23H19N3O4S/c1-14-4-5-16(12-15(14)2)20(27)8-7-18-22(24-23-25(18)10-11-31-23)17-6-9-21(30-3)19(13-17)26(28)29/h4-13H,1-3H3.